The van der Waals surface area contributed by atoms with Crippen molar-refractivity contribution in [3.63, 3.8) is 0 Å². The summed E-state index contributed by atoms with van der Waals surface area (Å²) in [5, 5.41) is 17.6. The molecular formula is C12H24N4O2. The second kappa shape index (κ2) is 7.35. The van der Waals surface area contributed by atoms with Crippen molar-refractivity contribution in [3.05, 3.63) is 11.9 Å². The number of nitrogens with one attached hydrogen (secondary N) is 1. The van der Waals surface area contributed by atoms with Crippen LogP contribution in [0.5, 0.6) is 5.75 Å². The van der Waals surface area contributed by atoms with Gasteiger partial charge in [0, 0.05) is 13.1 Å². The van der Waals surface area contributed by atoms with Gasteiger partial charge in [-0.2, -0.15) is 5.10 Å². The van der Waals surface area contributed by atoms with Crippen LogP contribution in [-0.4, -0.2) is 60.6 Å². The molecule has 1 rings (SSSR count). The summed E-state index contributed by atoms with van der Waals surface area (Å²) in [7, 11) is 5.61. The molecule has 1 heterocycles. The van der Waals surface area contributed by atoms with E-state index >= 15 is 0 Å². The highest BCUT2D eigenvalue weighted by Crippen LogP contribution is 2.24. The molecule has 0 amide bonds. The Hall–Kier alpha value is -1.11. The lowest BCUT2D eigenvalue weighted by molar-refractivity contribution is 0.159. The van der Waals surface area contributed by atoms with E-state index < -0.39 is 6.10 Å². The minimum Gasteiger partial charge on any atom is -0.493 e. The molecule has 104 valence electrons. The average molecular weight is 256 g/mol. The van der Waals surface area contributed by atoms with Crippen molar-refractivity contribution in [3.8, 4) is 5.75 Å². The van der Waals surface area contributed by atoms with Gasteiger partial charge in [0.2, 0.25) is 0 Å². The molecule has 0 aliphatic rings. The van der Waals surface area contributed by atoms with E-state index in [2.05, 4.69) is 15.3 Å². The molecule has 0 spiro atoms. The van der Waals surface area contributed by atoms with Gasteiger partial charge in [-0.1, -0.05) is 6.92 Å². The molecule has 0 fully saturated rings. The highest BCUT2D eigenvalue weighted by Gasteiger charge is 2.19. The van der Waals surface area contributed by atoms with Crippen molar-refractivity contribution >= 4 is 0 Å². The first kappa shape index (κ1) is 14.9. The molecule has 0 bridgehead atoms. The van der Waals surface area contributed by atoms with Gasteiger partial charge in [0.25, 0.3) is 0 Å². The molecule has 1 atom stereocenters. The zero-order valence-corrected chi connectivity index (χ0v) is 11.7. The molecule has 0 aliphatic carbocycles. The third-order valence-corrected chi connectivity index (χ3v) is 2.73. The van der Waals surface area contributed by atoms with Crippen LogP contribution >= 0.6 is 0 Å². The highest BCUT2D eigenvalue weighted by molar-refractivity contribution is 5.27. The van der Waals surface area contributed by atoms with Crippen LogP contribution in [0.2, 0.25) is 0 Å². The Kier molecular flexibility index (Phi) is 6.11. The largest absolute Gasteiger partial charge is 0.493 e. The summed E-state index contributed by atoms with van der Waals surface area (Å²) in [6, 6.07) is 0. The lowest BCUT2D eigenvalue weighted by atomic mass is 10.2. The van der Waals surface area contributed by atoms with Crippen LogP contribution < -0.4 is 10.1 Å². The van der Waals surface area contributed by atoms with Crippen LogP contribution in [0.4, 0.5) is 0 Å². The summed E-state index contributed by atoms with van der Waals surface area (Å²) in [5.41, 5.74) is 0.736. The fourth-order valence-electron chi connectivity index (χ4n) is 1.72. The van der Waals surface area contributed by atoms with Crippen molar-refractivity contribution in [2.75, 3.05) is 40.8 Å². The minimum atomic E-state index is -0.607. The number of aliphatic hydroxyl groups is 1. The molecule has 0 saturated carbocycles. The Morgan fingerprint density at radius 1 is 1.56 bits per heavy atom. The standard InChI is InChI=1S/C12H24N4O2/c1-5-13-8-10(17)12-11(18-4)9-14-16(12)7-6-15(2)3/h9-10,13,17H,5-8H2,1-4H3. The van der Waals surface area contributed by atoms with E-state index in [4.69, 9.17) is 4.74 Å². The van der Waals surface area contributed by atoms with Crippen LogP contribution in [0.15, 0.2) is 6.20 Å². The van der Waals surface area contributed by atoms with Crippen molar-refractivity contribution in [1.82, 2.24) is 20.0 Å². The Labute approximate surface area is 109 Å². The maximum Gasteiger partial charge on any atom is 0.162 e. The number of rotatable bonds is 8. The maximum atomic E-state index is 10.2. The van der Waals surface area contributed by atoms with Gasteiger partial charge in [-0.3, -0.25) is 4.68 Å². The van der Waals surface area contributed by atoms with Gasteiger partial charge in [-0.05, 0) is 20.6 Å². The van der Waals surface area contributed by atoms with Crippen molar-refractivity contribution < 1.29 is 9.84 Å². The second-order valence-corrected chi connectivity index (χ2v) is 4.45. The van der Waals surface area contributed by atoms with Crippen LogP contribution in [0.1, 0.15) is 18.7 Å². The number of hydrogen-bond acceptors (Lipinski definition) is 5. The molecule has 0 aliphatic heterocycles. The minimum absolute atomic E-state index is 0.501. The second-order valence-electron chi connectivity index (χ2n) is 4.45. The zero-order chi connectivity index (χ0) is 13.5. The van der Waals surface area contributed by atoms with E-state index in [9.17, 15) is 5.11 Å². The summed E-state index contributed by atoms with van der Waals surface area (Å²) >= 11 is 0. The highest BCUT2D eigenvalue weighted by atomic mass is 16.5. The summed E-state index contributed by atoms with van der Waals surface area (Å²) < 4.78 is 7.06. The number of hydrogen-bond donors (Lipinski definition) is 2. The Morgan fingerprint density at radius 2 is 2.28 bits per heavy atom. The first-order chi connectivity index (χ1) is 8.60. The zero-order valence-electron chi connectivity index (χ0n) is 11.7. The summed E-state index contributed by atoms with van der Waals surface area (Å²) in [6.45, 7) is 4.93. The van der Waals surface area contributed by atoms with Gasteiger partial charge in [0.05, 0.1) is 19.9 Å². The average Bonchev–Trinajstić information content (AvgIpc) is 2.76. The first-order valence-electron chi connectivity index (χ1n) is 6.23. The molecular weight excluding hydrogens is 232 g/mol. The van der Waals surface area contributed by atoms with E-state index in [0.29, 0.717) is 12.3 Å². The molecule has 2 N–H and O–H groups in total. The van der Waals surface area contributed by atoms with Gasteiger partial charge >= 0.3 is 0 Å². The number of methoxy groups -OCH3 is 1. The molecule has 1 aromatic rings. The predicted octanol–water partition coefficient (Wildman–Crippen LogP) is 0.0962. The summed E-state index contributed by atoms with van der Waals surface area (Å²) in [6.07, 6.45) is 1.05. The summed E-state index contributed by atoms with van der Waals surface area (Å²) in [4.78, 5) is 2.08. The fourth-order valence-corrected chi connectivity index (χ4v) is 1.72. The number of aromatic nitrogens is 2. The van der Waals surface area contributed by atoms with Gasteiger partial charge < -0.3 is 20.1 Å². The Bertz CT molecular complexity index is 352. The quantitative estimate of drug-likeness (QED) is 0.690. The van der Waals surface area contributed by atoms with E-state index in [-0.39, 0.29) is 0 Å². The molecule has 1 aromatic heterocycles. The van der Waals surface area contributed by atoms with E-state index in [1.807, 2.05) is 21.0 Å². The number of nitrogens with zero attached hydrogens (tertiary/aromatic N) is 3. The lowest BCUT2D eigenvalue weighted by Crippen LogP contribution is -2.25. The molecule has 6 heteroatoms. The van der Waals surface area contributed by atoms with E-state index in [1.54, 1.807) is 18.0 Å². The van der Waals surface area contributed by atoms with Crippen LogP contribution in [0, 0.1) is 0 Å². The third kappa shape index (κ3) is 3.97. The van der Waals surface area contributed by atoms with E-state index in [0.717, 1.165) is 25.3 Å². The Morgan fingerprint density at radius 3 is 2.83 bits per heavy atom. The topological polar surface area (TPSA) is 62.5 Å². The van der Waals surface area contributed by atoms with Crippen LogP contribution in [0.25, 0.3) is 0 Å². The number of ether oxygens (including phenoxy) is 1. The van der Waals surface area contributed by atoms with E-state index in [1.165, 1.54) is 0 Å². The number of aliphatic hydroxyl groups excluding tert-OH is 1. The molecule has 1 unspecified atom stereocenters. The molecule has 0 aromatic carbocycles. The molecule has 0 radical (unpaired) electrons. The third-order valence-electron chi connectivity index (χ3n) is 2.73. The summed E-state index contributed by atoms with van der Waals surface area (Å²) in [5.74, 6) is 0.638. The first-order valence-corrected chi connectivity index (χ1v) is 6.23. The van der Waals surface area contributed by atoms with Crippen molar-refractivity contribution in [1.29, 1.82) is 0 Å². The van der Waals surface area contributed by atoms with Gasteiger partial charge in [0.15, 0.2) is 5.75 Å². The molecule has 18 heavy (non-hydrogen) atoms. The molecule has 0 saturated heterocycles. The van der Waals surface area contributed by atoms with Crippen molar-refractivity contribution in [2.45, 2.75) is 19.6 Å². The predicted molar refractivity (Wildman–Crippen MR) is 70.8 cm³/mol. The van der Waals surface area contributed by atoms with Crippen LogP contribution in [-0.2, 0) is 6.54 Å². The monoisotopic (exact) mass is 256 g/mol. The fraction of sp³-hybridized carbons (Fsp3) is 0.750. The smallest absolute Gasteiger partial charge is 0.162 e. The van der Waals surface area contributed by atoms with Crippen LogP contribution in [0.3, 0.4) is 0 Å². The van der Waals surface area contributed by atoms with Gasteiger partial charge in [-0.25, -0.2) is 0 Å². The van der Waals surface area contributed by atoms with Gasteiger partial charge in [-0.15, -0.1) is 0 Å². The van der Waals surface area contributed by atoms with Gasteiger partial charge in [0.1, 0.15) is 11.8 Å². The normalized spacial score (nSPS) is 13.0. The Balaban J connectivity index is 2.80. The van der Waals surface area contributed by atoms with Crippen molar-refractivity contribution in [2.24, 2.45) is 0 Å². The maximum absolute atomic E-state index is 10.2. The molecule has 6 nitrogen and oxygen atoms in total. The SMILES string of the molecule is CCNCC(O)c1c(OC)cnn1CCN(C)C. The lowest BCUT2D eigenvalue weighted by Gasteiger charge is -2.16. The number of likely N-dealkylation sites (N-methyl/N-ethyl adjacent to an activating group) is 2.